The predicted octanol–water partition coefficient (Wildman–Crippen LogP) is 2.52. The standard InChI is InChI=1S/C16H16F3N5O/c1-24-13(25)7-11(14(24)10-3-2-5-20-8-10)9-22-15-21-6-4-12(23-15)16(17,18)19/h2-6,8,11,14H,7,9H2,1H3,(H,21,22,23)/t11-,14-/m0/s1. The first-order valence-corrected chi connectivity index (χ1v) is 7.66. The SMILES string of the molecule is CN1C(=O)C[C@@H](CNc2nccc(C(F)(F)F)n2)[C@@H]1c1cccnc1. The Bertz CT molecular complexity index is 753. The summed E-state index contributed by atoms with van der Waals surface area (Å²) in [5.41, 5.74) is -0.124. The number of nitrogens with zero attached hydrogens (tertiary/aromatic N) is 4. The Morgan fingerprint density at radius 2 is 2.12 bits per heavy atom. The number of likely N-dealkylation sites (tertiary alicyclic amines) is 1. The average Bonchev–Trinajstić information content (AvgIpc) is 2.88. The van der Waals surface area contributed by atoms with Crippen molar-refractivity contribution in [3.63, 3.8) is 0 Å². The van der Waals surface area contributed by atoms with Gasteiger partial charge in [-0.2, -0.15) is 13.2 Å². The lowest BCUT2D eigenvalue weighted by Gasteiger charge is -2.25. The fraction of sp³-hybridized carbons (Fsp3) is 0.375. The van der Waals surface area contributed by atoms with Gasteiger partial charge in [0, 0.05) is 44.5 Å². The summed E-state index contributed by atoms with van der Waals surface area (Å²) in [5, 5.41) is 2.82. The zero-order valence-corrected chi connectivity index (χ0v) is 13.4. The molecule has 1 N–H and O–H groups in total. The number of anilines is 1. The molecule has 1 amide bonds. The summed E-state index contributed by atoms with van der Waals surface area (Å²) in [7, 11) is 1.71. The summed E-state index contributed by atoms with van der Waals surface area (Å²) in [6, 6.07) is 4.28. The van der Waals surface area contributed by atoms with E-state index in [1.54, 1.807) is 30.4 Å². The molecule has 0 bridgehead atoms. The predicted molar refractivity (Wildman–Crippen MR) is 83.4 cm³/mol. The molecule has 2 aromatic heterocycles. The van der Waals surface area contributed by atoms with Gasteiger partial charge in [0.1, 0.15) is 5.69 Å². The normalized spacial score (nSPS) is 20.8. The maximum absolute atomic E-state index is 12.7. The molecule has 132 valence electrons. The minimum absolute atomic E-state index is 0.0226. The van der Waals surface area contributed by atoms with Crippen LogP contribution in [0.5, 0.6) is 0 Å². The average molecular weight is 351 g/mol. The first-order valence-electron chi connectivity index (χ1n) is 7.66. The van der Waals surface area contributed by atoms with Crippen LogP contribution in [-0.4, -0.2) is 39.4 Å². The molecule has 3 rings (SSSR count). The molecule has 2 aromatic rings. The van der Waals surface area contributed by atoms with Crippen LogP contribution in [0.3, 0.4) is 0 Å². The Kier molecular flexibility index (Phi) is 4.56. The molecule has 1 saturated heterocycles. The van der Waals surface area contributed by atoms with E-state index in [4.69, 9.17) is 0 Å². The van der Waals surface area contributed by atoms with Gasteiger partial charge < -0.3 is 10.2 Å². The highest BCUT2D eigenvalue weighted by molar-refractivity contribution is 5.79. The minimum atomic E-state index is -4.53. The van der Waals surface area contributed by atoms with E-state index < -0.39 is 11.9 Å². The Morgan fingerprint density at radius 1 is 1.32 bits per heavy atom. The van der Waals surface area contributed by atoms with Crippen LogP contribution in [0.2, 0.25) is 0 Å². The second-order valence-electron chi connectivity index (χ2n) is 5.84. The number of hydrogen-bond acceptors (Lipinski definition) is 5. The van der Waals surface area contributed by atoms with Gasteiger partial charge in [-0.05, 0) is 17.7 Å². The monoisotopic (exact) mass is 351 g/mol. The number of halogens is 3. The van der Waals surface area contributed by atoms with Gasteiger partial charge in [0.15, 0.2) is 0 Å². The number of aromatic nitrogens is 3. The molecule has 3 heterocycles. The van der Waals surface area contributed by atoms with Crippen LogP contribution in [0.15, 0.2) is 36.8 Å². The highest BCUT2D eigenvalue weighted by Crippen LogP contribution is 2.36. The summed E-state index contributed by atoms with van der Waals surface area (Å²) < 4.78 is 38.2. The van der Waals surface area contributed by atoms with E-state index in [2.05, 4.69) is 20.3 Å². The summed E-state index contributed by atoms with van der Waals surface area (Å²) in [6.07, 6.45) is 0.156. The number of rotatable bonds is 4. The van der Waals surface area contributed by atoms with Gasteiger partial charge in [-0.15, -0.1) is 0 Å². The topological polar surface area (TPSA) is 71.0 Å². The van der Waals surface area contributed by atoms with Gasteiger partial charge in [0.05, 0.1) is 6.04 Å². The van der Waals surface area contributed by atoms with Crippen LogP contribution < -0.4 is 5.32 Å². The quantitative estimate of drug-likeness (QED) is 0.917. The molecule has 1 aliphatic heterocycles. The zero-order chi connectivity index (χ0) is 18.0. The summed E-state index contributed by atoms with van der Waals surface area (Å²) in [4.78, 5) is 25.1. The van der Waals surface area contributed by atoms with Gasteiger partial charge in [-0.1, -0.05) is 6.07 Å². The zero-order valence-electron chi connectivity index (χ0n) is 13.4. The van der Waals surface area contributed by atoms with E-state index in [9.17, 15) is 18.0 Å². The Morgan fingerprint density at radius 3 is 2.80 bits per heavy atom. The van der Waals surface area contributed by atoms with E-state index in [0.717, 1.165) is 17.8 Å². The molecule has 0 saturated carbocycles. The minimum Gasteiger partial charge on any atom is -0.354 e. The second kappa shape index (κ2) is 6.66. The lowest BCUT2D eigenvalue weighted by atomic mass is 9.95. The molecule has 0 radical (unpaired) electrons. The molecule has 1 aliphatic rings. The third-order valence-corrected chi connectivity index (χ3v) is 4.19. The van der Waals surface area contributed by atoms with Gasteiger partial charge in [0.2, 0.25) is 11.9 Å². The highest BCUT2D eigenvalue weighted by Gasteiger charge is 2.38. The number of carbonyl (C=O) groups excluding carboxylic acids is 1. The number of hydrogen-bond donors (Lipinski definition) is 1. The Hall–Kier alpha value is -2.71. The highest BCUT2D eigenvalue weighted by atomic mass is 19.4. The molecule has 1 fully saturated rings. The van der Waals surface area contributed by atoms with Crippen LogP contribution in [0.25, 0.3) is 0 Å². The number of nitrogens with one attached hydrogen (secondary N) is 1. The van der Waals surface area contributed by atoms with E-state index >= 15 is 0 Å². The van der Waals surface area contributed by atoms with Crippen molar-refractivity contribution in [3.8, 4) is 0 Å². The summed E-state index contributed by atoms with van der Waals surface area (Å²) in [6.45, 7) is 0.275. The number of amides is 1. The van der Waals surface area contributed by atoms with Crippen molar-refractivity contribution in [2.45, 2.75) is 18.6 Å². The van der Waals surface area contributed by atoms with Crippen LogP contribution in [0, 0.1) is 5.92 Å². The van der Waals surface area contributed by atoms with E-state index in [1.807, 2.05) is 6.07 Å². The molecular formula is C16H16F3N5O. The van der Waals surface area contributed by atoms with Crippen molar-refractivity contribution >= 4 is 11.9 Å². The molecule has 9 heteroatoms. The molecule has 0 spiro atoms. The maximum atomic E-state index is 12.7. The fourth-order valence-corrected chi connectivity index (χ4v) is 3.01. The van der Waals surface area contributed by atoms with Crippen LogP contribution in [0.1, 0.15) is 23.7 Å². The van der Waals surface area contributed by atoms with Gasteiger partial charge in [-0.3, -0.25) is 9.78 Å². The van der Waals surface area contributed by atoms with Crippen LogP contribution >= 0.6 is 0 Å². The van der Waals surface area contributed by atoms with E-state index in [-0.39, 0.29) is 30.4 Å². The third kappa shape index (κ3) is 3.70. The van der Waals surface area contributed by atoms with Gasteiger partial charge in [0.25, 0.3) is 0 Å². The number of carbonyl (C=O) groups is 1. The smallest absolute Gasteiger partial charge is 0.354 e. The van der Waals surface area contributed by atoms with Crippen molar-refractivity contribution in [1.29, 1.82) is 0 Å². The molecule has 0 unspecified atom stereocenters. The molecule has 2 atom stereocenters. The van der Waals surface area contributed by atoms with E-state index in [1.165, 1.54) is 0 Å². The second-order valence-corrected chi connectivity index (χ2v) is 5.84. The summed E-state index contributed by atoms with van der Waals surface area (Å²) >= 11 is 0. The third-order valence-electron chi connectivity index (χ3n) is 4.19. The first-order chi connectivity index (χ1) is 11.9. The number of pyridine rings is 1. The lowest BCUT2D eigenvalue weighted by molar-refractivity contribution is -0.141. The lowest BCUT2D eigenvalue weighted by Crippen LogP contribution is -2.27. The molecule has 0 aliphatic carbocycles. The Balaban J connectivity index is 1.75. The Labute approximate surface area is 142 Å². The van der Waals surface area contributed by atoms with Crippen molar-refractivity contribution in [2.24, 2.45) is 5.92 Å². The maximum Gasteiger partial charge on any atom is 0.433 e. The number of alkyl halides is 3. The molecular weight excluding hydrogens is 335 g/mol. The first kappa shape index (κ1) is 17.1. The fourth-order valence-electron chi connectivity index (χ4n) is 3.01. The van der Waals surface area contributed by atoms with Crippen molar-refractivity contribution in [2.75, 3.05) is 18.9 Å². The van der Waals surface area contributed by atoms with Crippen molar-refractivity contribution in [1.82, 2.24) is 19.9 Å². The summed E-state index contributed by atoms with van der Waals surface area (Å²) in [5.74, 6) is -0.257. The van der Waals surface area contributed by atoms with Crippen molar-refractivity contribution in [3.05, 3.63) is 48.0 Å². The van der Waals surface area contributed by atoms with Gasteiger partial charge >= 0.3 is 6.18 Å². The van der Waals surface area contributed by atoms with Gasteiger partial charge in [-0.25, -0.2) is 9.97 Å². The van der Waals surface area contributed by atoms with Crippen LogP contribution in [-0.2, 0) is 11.0 Å². The van der Waals surface area contributed by atoms with Crippen molar-refractivity contribution < 1.29 is 18.0 Å². The van der Waals surface area contributed by atoms with Crippen LogP contribution in [0.4, 0.5) is 19.1 Å². The van der Waals surface area contributed by atoms with E-state index in [0.29, 0.717) is 6.42 Å². The molecule has 25 heavy (non-hydrogen) atoms. The molecule has 6 nitrogen and oxygen atoms in total. The largest absolute Gasteiger partial charge is 0.433 e. The molecule has 0 aromatic carbocycles.